The van der Waals surface area contributed by atoms with Crippen LogP contribution in [-0.2, 0) is 21.9 Å². The molecule has 2 aromatic rings. The number of nitrogens with zero attached hydrogens (tertiary/aromatic N) is 1. The monoisotopic (exact) mass is 521 g/mol. The van der Waals surface area contributed by atoms with Crippen LogP contribution in [0, 0.1) is 0 Å². The third-order valence-electron chi connectivity index (χ3n) is 4.00. The highest BCUT2D eigenvalue weighted by Crippen LogP contribution is 2.21. The molecule has 1 aromatic carbocycles. The number of rotatable bonds is 8. The number of hydrogen-bond acceptors (Lipinski definition) is 5. The third kappa shape index (κ3) is 7.44. The summed E-state index contributed by atoms with van der Waals surface area (Å²) in [6.07, 6.45) is 3.43. The Morgan fingerprint density at radius 3 is 2.43 bits per heavy atom. The van der Waals surface area contributed by atoms with E-state index >= 15 is 0 Å². The van der Waals surface area contributed by atoms with Gasteiger partial charge in [0, 0.05) is 19.3 Å². The van der Waals surface area contributed by atoms with E-state index in [-0.39, 0.29) is 30.5 Å². The van der Waals surface area contributed by atoms with Crippen LogP contribution in [0.15, 0.2) is 57.0 Å². The summed E-state index contributed by atoms with van der Waals surface area (Å²) in [6.45, 7) is 5.08. The van der Waals surface area contributed by atoms with Crippen molar-refractivity contribution in [3.05, 3.63) is 54.0 Å². The first-order valence-corrected chi connectivity index (χ1v) is 10.7. The predicted molar refractivity (Wildman–Crippen MR) is 121 cm³/mol. The van der Waals surface area contributed by atoms with Crippen LogP contribution in [0.4, 0.5) is 0 Å². The summed E-state index contributed by atoms with van der Waals surface area (Å²) in [4.78, 5) is 4.74. The van der Waals surface area contributed by atoms with Gasteiger partial charge in [-0.3, -0.25) is 0 Å². The normalized spacial score (nSPS) is 14.1. The zero-order valence-corrected chi connectivity index (χ0v) is 19.5. The quantitative estimate of drug-likeness (QED) is 0.280. The summed E-state index contributed by atoms with van der Waals surface area (Å²) in [5, 5.41) is 16.8. The Morgan fingerprint density at radius 1 is 1.21 bits per heavy atom. The topological polar surface area (TPSA) is 104 Å². The van der Waals surface area contributed by atoms with Crippen molar-refractivity contribution in [1.82, 2.24) is 10.6 Å². The van der Waals surface area contributed by atoms with Gasteiger partial charge in [-0.25, -0.2) is 13.4 Å². The third-order valence-corrected chi connectivity index (χ3v) is 5.13. The van der Waals surface area contributed by atoms with Gasteiger partial charge in [-0.05, 0) is 50.1 Å². The molecule has 0 aliphatic rings. The fourth-order valence-electron chi connectivity index (χ4n) is 2.47. The van der Waals surface area contributed by atoms with E-state index in [2.05, 4.69) is 15.6 Å². The van der Waals surface area contributed by atoms with Gasteiger partial charge in [-0.15, -0.1) is 24.0 Å². The van der Waals surface area contributed by atoms with Gasteiger partial charge in [0.25, 0.3) is 0 Å². The lowest BCUT2D eigenvalue weighted by molar-refractivity contribution is 0.0437. The molecule has 0 saturated heterocycles. The minimum atomic E-state index is -3.18. The molecule has 0 amide bonds. The summed E-state index contributed by atoms with van der Waals surface area (Å²) >= 11 is 0. The zero-order chi connectivity index (χ0) is 19.9. The minimum Gasteiger partial charge on any atom is -0.466 e. The second kappa shape index (κ2) is 10.8. The van der Waals surface area contributed by atoms with E-state index < -0.39 is 15.4 Å². The molecule has 0 radical (unpaired) electrons. The van der Waals surface area contributed by atoms with E-state index in [1.807, 2.05) is 19.1 Å². The molecule has 0 aliphatic heterocycles. The number of hydrogen-bond donors (Lipinski definition) is 3. The maximum absolute atomic E-state index is 11.5. The molecule has 1 aromatic heterocycles. The van der Waals surface area contributed by atoms with Gasteiger partial charge in [-0.2, -0.15) is 0 Å². The number of furan rings is 1. The Balaban J connectivity index is 0.00000392. The number of halogens is 1. The molecule has 0 bridgehead atoms. The second-order valence-electron chi connectivity index (χ2n) is 6.54. The SMILES string of the molecule is CCNC(=NCC(C)(O)c1ccco1)NCCc1ccc(S(C)(=O)=O)cc1.I. The summed E-state index contributed by atoms with van der Waals surface area (Å²) in [6, 6.07) is 10.3. The Labute approximate surface area is 183 Å². The summed E-state index contributed by atoms with van der Waals surface area (Å²) in [5.74, 6) is 1.06. The fourth-order valence-corrected chi connectivity index (χ4v) is 3.10. The average Bonchev–Trinajstić information content (AvgIpc) is 3.15. The van der Waals surface area contributed by atoms with Crippen LogP contribution in [0.5, 0.6) is 0 Å². The van der Waals surface area contributed by atoms with E-state index in [0.29, 0.717) is 36.1 Å². The second-order valence-corrected chi connectivity index (χ2v) is 8.55. The maximum atomic E-state index is 11.5. The van der Waals surface area contributed by atoms with Crippen LogP contribution in [0.1, 0.15) is 25.2 Å². The van der Waals surface area contributed by atoms with Gasteiger partial charge < -0.3 is 20.2 Å². The van der Waals surface area contributed by atoms with Gasteiger partial charge in [0.15, 0.2) is 15.8 Å². The Kier molecular flexibility index (Phi) is 9.45. The van der Waals surface area contributed by atoms with Gasteiger partial charge in [-0.1, -0.05) is 12.1 Å². The lowest BCUT2D eigenvalue weighted by Crippen LogP contribution is -2.39. The highest BCUT2D eigenvalue weighted by Gasteiger charge is 2.26. The van der Waals surface area contributed by atoms with Crippen molar-refractivity contribution < 1.29 is 17.9 Å². The van der Waals surface area contributed by atoms with E-state index in [1.54, 1.807) is 31.2 Å². The zero-order valence-electron chi connectivity index (χ0n) is 16.3. The Morgan fingerprint density at radius 2 is 1.89 bits per heavy atom. The lowest BCUT2D eigenvalue weighted by atomic mass is 10.0. The molecule has 0 saturated carbocycles. The van der Waals surface area contributed by atoms with Crippen LogP contribution in [0.3, 0.4) is 0 Å². The van der Waals surface area contributed by atoms with Gasteiger partial charge in [0.2, 0.25) is 0 Å². The van der Waals surface area contributed by atoms with E-state index in [1.165, 1.54) is 12.5 Å². The molecular formula is C19H28IN3O4S. The van der Waals surface area contributed by atoms with E-state index in [9.17, 15) is 13.5 Å². The molecule has 3 N–H and O–H groups in total. The number of aliphatic hydroxyl groups is 1. The molecule has 0 aliphatic carbocycles. The standard InChI is InChI=1S/C19H27N3O4S.HI/c1-4-20-18(22-14-19(2,23)17-6-5-13-26-17)21-12-11-15-7-9-16(10-8-15)27(3,24)25;/h5-10,13,23H,4,11-12,14H2,1-3H3,(H2,20,21,22);1H. The average molecular weight is 521 g/mol. The predicted octanol–water partition coefficient (Wildman–Crippen LogP) is 2.31. The van der Waals surface area contributed by atoms with Crippen molar-refractivity contribution in [2.24, 2.45) is 4.99 Å². The smallest absolute Gasteiger partial charge is 0.191 e. The molecule has 9 heteroatoms. The number of sulfone groups is 1. The van der Waals surface area contributed by atoms with Crippen LogP contribution in [0.25, 0.3) is 0 Å². The summed E-state index contributed by atoms with van der Waals surface area (Å²) in [5.41, 5.74) is -0.166. The highest BCUT2D eigenvalue weighted by atomic mass is 127. The van der Waals surface area contributed by atoms with Crippen LogP contribution < -0.4 is 10.6 Å². The Hall–Kier alpha value is -1.59. The van der Waals surface area contributed by atoms with Crippen LogP contribution >= 0.6 is 24.0 Å². The highest BCUT2D eigenvalue weighted by molar-refractivity contribution is 14.0. The first-order chi connectivity index (χ1) is 12.7. The molecule has 1 atom stereocenters. The van der Waals surface area contributed by atoms with Gasteiger partial charge in [0.1, 0.15) is 11.4 Å². The van der Waals surface area contributed by atoms with Crippen molar-refractivity contribution in [3.8, 4) is 0 Å². The van der Waals surface area contributed by atoms with Gasteiger partial charge >= 0.3 is 0 Å². The number of nitrogens with one attached hydrogen (secondary N) is 2. The van der Waals surface area contributed by atoms with E-state index in [4.69, 9.17) is 4.42 Å². The maximum Gasteiger partial charge on any atom is 0.191 e. The van der Waals surface area contributed by atoms with Gasteiger partial charge in [0.05, 0.1) is 17.7 Å². The van der Waals surface area contributed by atoms with Crippen molar-refractivity contribution >= 4 is 39.8 Å². The molecule has 0 fully saturated rings. The molecule has 2 rings (SSSR count). The number of aliphatic imine (C=N–C) groups is 1. The molecule has 1 heterocycles. The first-order valence-electron chi connectivity index (χ1n) is 8.80. The summed E-state index contributed by atoms with van der Waals surface area (Å²) < 4.78 is 28.2. The molecule has 1 unspecified atom stereocenters. The lowest BCUT2D eigenvalue weighted by Gasteiger charge is -2.19. The molecule has 28 heavy (non-hydrogen) atoms. The fraction of sp³-hybridized carbons (Fsp3) is 0.421. The summed E-state index contributed by atoms with van der Waals surface area (Å²) in [7, 11) is -3.18. The molecular weight excluding hydrogens is 493 g/mol. The van der Waals surface area contributed by atoms with Crippen LogP contribution in [0.2, 0.25) is 0 Å². The number of benzene rings is 1. The van der Waals surface area contributed by atoms with Crippen molar-refractivity contribution in [2.45, 2.75) is 30.8 Å². The Bertz CT molecular complexity index is 848. The van der Waals surface area contributed by atoms with Crippen LogP contribution in [-0.4, -0.2) is 45.4 Å². The first kappa shape index (κ1) is 24.4. The molecule has 7 nitrogen and oxygen atoms in total. The van der Waals surface area contributed by atoms with Crippen molar-refractivity contribution in [1.29, 1.82) is 0 Å². The van der Waals surface area contributed by atoms with E-state index in [0.717, 1.165) is 5.56 Å². The molecule has 156 valence electrons. The number of guanidine groups is 1. The van der Waals surface area contributed by atoms with Crippen molar-refractivity contribution in [2.75, 3.05) is 25.9 Å². The van der Waals surface area contributed by atoms with Crippen molar-refractivity contribution in [3.63, 3.8) is 0 Å². The largest absolute Gasteiger partial charge is 0.466 e. The minimum absolute atomic E-state index is 0. The molecule has 0 spiro atoms.